The molecule has 124 valence electrons. The summed E-state index contributed by atoms with van der Waals surface area (Å²) in [6.45, 7) is 0.105. The Labute approximate surface area is 141 Å². The Hall–Kier alpha value is -3.42. The average molecular weight is 338 g/mol. The number of fused-ring (bicyclic) bond motifs is 3. The van der Waals surface area contributed by atoms with E-state index in [1.165, 1.54) is 29.2 Å². The van der Waals surface area contributed by atoms with Gasteiger partial charge in [-0.2, -0.15) is 0 Å². The summed E-state index contributed by atoms with van der Waals surface area (Å²) in [7, 11) is 0. The predicted octanol–water partition coefficient (Wildman–Crippen LogP) is 2.33. The fourth-order valence-corrected chi connectivity index (χ4v) is 2.98. The van der Waals surface area contributed by atoms with Crippen molar-refractivity contribution in [1.82, 2.24) is 0 Å². The molecule has 0 aromatic heterocycles. The smallest absolute Gasteiger partial charge is 0.270 e. The molecule has 0 saturated heterocycles. The molecule has 0 N–H and O–H groups in total. The molecule has 0 spiro atoms. The van der Waals surface area contributed by atoms with Crippen molar-refractivity contribution in [3.63, 3.8) is 0 Å². The number of nitro benzene ring substituents is 1. The molecule has 4 rings (SSSR count). The second-order valence-corrected chi connectivity index (χ2v) is 5.56. The van der Waals surface area contributed by atoms with Crippen LogP contribution in [0.5, 0.6) is 0 Å². The highest BCUT2D eigenvalue weighted by Crippen LogP contribution is 2.32. The second kappa shape index (κ2) is 5.59. The van der Waals surface area contributed by atoms with Gasteiger partial charge in [0.15, 0.2) is 0 Å². The molecule has 2 aliphatic rings. The van der Waals surface area contributed by atoms with Gasteiger partial charge in [-0.25, -0.2) is 4.39 Å². The van der Waals surface area contributed by atoms with Crippen LogP contribution in [0.25, 0.3) is 0 Å². The monoisotopic (exact) mass is 338 g/mol. The van der Waals surface area contributed by atoms with Crippen molar-refractivity contribution in [2.45, 2.75) is 0 Å². The minimum atomic E-state index is -0.537. The quantitative estimate of drug-likeness (QED) is 0.622. The van der Waals surface area contributed by atoms with Crippen LogP contribution in [0.15, 0.2) is 52.4 Å². The number of benzene rings is 2. The number of carbonyl (C=O) groups is 1. The molecule has 8 heteroatoms. The summed E-state index contributed by atoms with van der Waals surface area (Å²) in [5.41, 5.74) is 1.08. The molecule has 2 aromatic rings. The maximum atomic E-state index is 14.3. The first-order chi connectivity index (χ1) is 12.1. The van der Waals surface area contributed by atoms with Crippen molar-refractivity contribution in [2.75, 3.05) is 18.0 Å². The Balaban J connectivity index is 1.99. The fourth-order valence-electron chi connectivity index (χ4n) is 2.98. The number of hydrogen-bond donors (Lipinski definition) is 0. The number of rotatable bonds is 2. The van der Waals surface area contributed by atoms with Crippen LogP contribution in [0, 0.1) is 15.9 Å². The summed E-state index contributed by atoms with van der Waals surface area (Å²) in [5, 5.41) is 11.2. The number of carbonyl (C=O) groups excluding carboxylic acids is 1. The van der Waals surface area contributed by atoms with Gasteiger partial charge in [0, 0.05) is 23.3 Å². The number of halogens is 1. The topological polar surface area (TPSA) is 88.2 Å². The molecule has 2 aromatic carbocycles. The van der Waals surface area contributed by atoms with Gasteiger partial charge in [0.2, 0.25) is 0 Å². The first kappa shape index (κ1) is 15.1. The number of nitro groups is 1. The number of amides is 1. The van der Waals surface area contributed by atoms with Gasteiger partial charge in [-0.3, -0.25) is 29.8 Å². The lowest BCUT2D eigenvalue weighted by Crippen LogP contribution is -2.33. The molecule has 2 aliphatic heterocycles. The van der Waals surface area contributed by atoms with Gasteiger partial charge < -0.3 is 0 Å². The lowest BCUT2D eigenvalue weighted by atomic mass is 9.99. The average Bonchev–Trinajstić information content (AvgIpc) is 2.88. The van der Waals surface area contributed by atoms with Crippen LogP contribution in [0.1, 0.15) is 11.1 Å². The predicted molar refractivity (Wildman–Crippen MR) is 89.8 cm³/mol. The first-order valence-electron chi connectivity index (χ1n) is 7.50. The SMILES string of the molecule is O=C1CN=C2CN=C(c3ccccc3F)c3cc([N+](=O)[O-])ccc3N12. The van der Waals surface area contributed by atoms with E-state index in [1.54, 1.807) is 18.2 Å². The normalized spacial score (nSPS) is 15.9. The van der Waals surface area contributed by atoms with Gasteiger partial charge in [0.1, 0.15) is 18.2 Å². The number of amidine groups is 1. The van der Waals surface area contributed by atoms with Crippen molar-refractivity contribution in [1.29, 1.82) is 0 Å². The zero-order valence-corrected chi connectivity index (χ0v) is 12.8. The summed E-state index contributed by atoms with van der Waals surface area (Å²) < 4.78 is 14.3. The first-order valence-corrected chi connectivity index (χ1v) is 7.50. The van der Waals surface area contributed by atoms with Crippen LogP contribution >= 0.6 is 0 Å². The van der Waals surface area contributed by atoms with Crippen molar-refractivity contribution >= 4 is 28.8 Å². The third-order valence-electron chi connectivity index (χ3n) is 4.10. The van der Waals surface area contributed by atoms with E-state index in [0.717, 1.165) is 0 Å². The van der Waals surface area contributed by atoms with E-state index >= 15 is 0 Å². The van der Waals surface area contributed by atoms with E-state index < -0.39 is 10.7 Å². The molecule has 0 fully saturated rings. The van der Waals surface area contributed by atoms with Crippen LogP contribution < -0.4 is 4.90 Å². The second-order valence-electron chi connectivity index (χ2n) is 5.56. The van der Waals surface area contributed by atoms with Crippen molar-refractivity contribution in [2.24, 2.45) is 9.98 Å². The molecule has 0 saturated carbocycles. The maximum Gasteiger partial charge on any atom is 0.270 e. The zero-order chi connectivity index (χ0) is 17.6. The highest BCUT2D eigenvalue weighted by Gasteiger charge is 2.33. The standard InChI is InChI=1S/C17H11FN4O3/c18-13-4-2-1-3-11(13)17-12-7-10(22(24)25)5-6-14(12)21-15(8-20-17)19-9-16(21)23/h1-7H,8-9H2. The fraction of sp³-hybridized carbons (Fsp3) is 0.118. The van der Waals surface area contributed by atoms with E-state index in [4.69, 9.17) is 0 Å². The van der Waals surface area contributed by atoms with Crippen LogP contribution in [-0.4, -0.2) is 35.5 Å². The highest BCUT2D eigenvalue weighted by molar-refractivity contribution is 6.28. The largest absolute Gasteiger partial charge is 0.276 e. The van der Waals surface area contributed by atoms with E-state index in [-0.39, 0.29) is 36.0 Å². The summed E-state index contributed by atoms with van der Waals surface area (Å²) in [5.74, 6) is -0.282. The number of nitrogens with zero attached hydrogens (tertiary/aromatic N) is 4. The third kappa shape index (κ3) is 2.38. The molecular weight excluding hydrogens is 327 g/mol. The van der Waals surface area contributed by atoms with E-state index in [9.17, 15) is 19.3 Å². The van der Waals surface area contributed by atoms with Gasteiger partial charge >= 0.3 is 0 Å². The molecule has 0 unspecified atom stereocenters. The molecule has 2 heterocycles. The Bertz CT molecular complexity index is 984. The minimum Gasteiger partial charge on any atom is -0.276 e. The van der Waals surface area contributed by atoms with Crippen molar-refractivity contribution in [3.8, 4) is 0 Å². The van der Waals surface area contributed by atoms with Crippen molar-refractivity contribution in [3.05, 3.63) is 69.5 Å². The number of anilines is 1. The third-order valence-corrected chi connectivity index (χ3v) is 4.10. The van der Waals surface area contributed by atoms with Crippen LogP contribution in [-0.2, 0) is 4.79 Å². The summed E-state index contributed by atoms with van der Waals surface area (Å²) >= 11 is 0. The Morgan fingerprint density at radius 1 is 1.08 bits per heavy atom. The van der Waals surface area contributed by atoms with Crippen LogP contribution in [0.4, 0.5) is 15.8 Å². The summed E-state index contributed by atoms with van der Waals surface area (Å²) in [6.07, 6.45) is 0. The number of hydrogen-bond acceptors (Lipinski definition) is 5. The zero-order valence-electron chi connectivity index (χ0n) is 12.8. The van der Waals surface area contributed by atoms with E-state index in [2.05, 4.69) is 9.98 Å². The molecule has 0 radical (unpaired) electrons. The Morgan fingerprint density at radius 2 is 1.88 bits per heavy atom. The van der Waals surface area contributed by atoms with E-state index in [0.29, 0.717) is 17.1 Å². The number of aliphatic imine (C=N–C) groups is 2. The molecule has 0 atom stereocenters. The molecular formula is C17H11FN4O3. The summed E-state index contributed by atoms with van der Waals surface area (Å²) in [6, 6.07) is 10.2. The molecule has 0 aliphatic carbocycles. The van der Waals surface area contributed by atoms with Gasteiger partial charge in [-0.15, -0.1) is 0 Å². The molecule has 25 heavy (non-hydrogen) atoms. The minimum absolute atomic E-state index is 0.0102. The summed E-state index contributed by atoms with van der Waals surface area (Å²) in [4.78, 5) is 32.8. The van der Waals surface area contributed by atoms with Crippen LogP contribution in [0.3, 0.4) is 0 Å². The van der Waals surface area contributed by atoms with E-state index in [1.807, 2.05) is 0 Å². The molecule has 1 amide bonds. The van der Waals surface area contributed by atoms with Crippen molar-refractivity contribution < 1.29 is 14.1 Å². The van der Waals surface area contributed by atoms with Gasteiger partial charge in [0.05, 0.1) is 22.9 Å². The lowest BCUT2D eigenvalue weighted by Gasteiger charge is -2.18. The molecule has 0 bridgehead atoms. The lowest BCUT2D eigenvalue weighted by molar-refractivity contribution is -0.384. The Kier molecular flexibility index (Phi) is 3.38. The maximum absolute atomic E-state index is 14.3. The Morgan fingerprint density at radius 3 is 2.64 bits per heavy atom. The highest BCUT2D eigenvalue weighted by atomic mass is 19.1. The number of non-ortho nitro benzene ring substituents is 1. The van der Waals surface area contributed by atoms with Gasteiger partial charge in [-0.05, 0) is 18.2 Å². The molecule has 7 nitrogen and oxygen atoms in total. The van der Waals surface area contributed by atoms with Crippen LogP contribution in [0.2, 0.25) is 0 Å². The van der Waals surface area contributed by atoms with Gasteiger partial charge in [0.25, 0.3) is 11.6 Å². The van der Waals surface area contributed by atoms with Gasteiger partial charge in [-0.1, -0.05) is 12.1 Å².